The van der Waals surface area contributed by atoms with Crippen LogP contribution in [0.3, 0.4) is 0 Å². The molecule has 1 aliphatic carbocycles. The number of amides is 1. The van der Waals surface area contributed by atoms with Gasteiger partial charge in [0.2, 0.25) is 5.95 Å². The molecule has 0 atom stereocenters. The summed E-state index contributed by atoms with van der Waals surface area (Å²) in [6.45, 7) is 12.8. The molecule has 3 rings (SSSR count). The first kappa shape index (κ1) is 34.7. The minimum atomic E-state index is -0.477. The van der Waals surface area contributed by atoms with E-state index < -0.39 is 5.60 Å². The monoisotopic (exact) mass is 628 g/mol. The number of halogens is 1. The van der Waals surface area contributed by atoms with Crippen LogP contribution in [0, 0.1) is 11.8 Å². The predicted molar refractivity (Wildman–Crippen MR) is 184 cm³/mol. The topological polar surface area (TPSA) is 100 Å². The van der Waals surface area contributed by atoms with Crippen LogP contribution in [-0.4, -0.2) is 53.7 Å². The number of carbonyl (C=O) groups is 1. The number of nitrogens with zero attached hydrogens (tertiary/aromatic N) is 2. The largest absolute Gasteiger partial charge is 0.444 e. The van der Waals surface area contributed by atoms with Gasteiger partial charge in [0.1, 0.15) is 11.4 Å². The Morgan fingerprint density at radius 1 is 1.05 bits per heavy atom. The summed E-state index contributed by atoms with van der Waals surface area (Å²) < 4.78 is 8.80. The molecular weight excluding hydrogens is 580 g/mol. The van der Waals surface area contributed by atoms with Crippen LogP contribution in [0.25, 0.3) is 10.9 Å². The average molecular weight is 629 g/mol. The number of nitrogens with one attached hydrogen (secondary N) is 4. The molecule has 0 aliphatic heterocycles. The van der Waals surface area contributed by atoms with Crippen molar-refractivity contribution in [3.05, 3.63) is 60.1 Å². The van der Waals surface area contributed by atoms with Gasteiger partial charge in [-0.25, -0.2) is 9.78 Å². The van der Waals surface area contributed by atoms with Gasteiger partial charge in [-0.3, -0.25) is 4.72 Å². The molecule has 1 aromatic heterocycles. The second kappa shape index (κ2) is 18.8. The van der Waals surface area contributed by atoms with Crippen LogP contribution in [0.4, 0.5) is 16.6 Å². The number of alkyl carbamates (subject to hydrolysis) is 1. The Labute approximate surface area is 267 Å². The van der Waals surface area contributed by atoms with E-state index in [0.29, 0.717) is 30.2 Å². The highest BCUT2D eigenvalue weighted by atomic mass is 35.5. The van der Waals surface area contributed by atoms with Crippen molar-refractivity contribution in [3.63, 3.8) is 0 Å². The zero-order valence-electron chi connectivity index (χ0n) is 26.0. The quantitative estimate of drug-likeness (QED) is 0.0604. The summed E-state index contributed by atoms with van der Waals surface area (Å²) in [7, 11) is 0. The van der Waals surface area contributed by atoms with E-state index in [1.54, 1.807) is 11.9 Å². The van der Waals surface area contributed by atoms with Crippen molar-refractivity contribution in [3.8, 4) is 0 Å². The molecule has 0 saturated heterocycles. The summed E-state index contributed by atoms with van der Waals surface area (Å²) in [6, 6.07) is 8.13. The van der Waals surface area contributed by atoms with Crippen molar-refractivity contribution in [2.45, 2.75) is 71.3 Å². The lowest BCUT2D eigenvalue weighted by atomic mass is 9.82. The van der Waals surface area contributed by atoms with Gasteiger partial charge in [-0.1, -0.05) is 36.9 Å². The molecule has 8 nitrogen and oxygen atoms in total. The van der Waals surface area contributed by atoms with E-state index in [-0.39, 0.29) is 6.09 Å². The number of anilines is 2. The number of unbranched alkanes of at least 4 members (excludes halogenated alkanes) is 2. The maximum atomic E-state index is 11.8. The Morgan fingerprint density at radius 2 is 1.77 bits per heavy atom. The fourth-order valence-corrected chi connectivity index (χ4v) is 5.72. The van der Waals surface area contributed by atoms with E-state index in [1.165, 1.54) is 25.7 Å². The van der Waals surface area contributed by atoms with E-state index >= 15 is 0 Å². The highest BCUT2D eigenvalue weighted by Crippen LogP contribution is 2.30. The summed E-state index contributed by atoms with van der Waals surface area (Å²) in [5, 5.41) is 10.9. The van der Waals surface area contributed by atoms with Crippen molar-refractivity contribution < 1.29 is 9.53 Å². The fraction of sp³-hybridized carbons (Fsp3) is 0.545. The molecule has 1 amide bonds. The Morgan fingerprint density at radius 3 is 2.49 bits per heavy atom. The van der Waals surface area contributed by atoms with Crippen LogP contribution in [0.1, 0.15) is 65.7 Å². The van der Waals surface area contributed by atoms with Crippen LogP contribution in [0.15, 0.2) is 60.1 Å². The zero-order valence-corrected chi connectivity index (χ0v) is 27.5. The first-order chi connectivity index (χ1) is 20.8. The summed E-state index contributed by atoms with van der Waals surface area (Å²) in [6.07, 6.45) is 15.1. The second-order valence-electron chi connectivity index (χ2n) is 11.9. The highest BCUT2D eigenvalue weighted by molar-refractivity contribution is 8.01. The number of carbonyl (C=O) groups excluding carboxylic acids is 1. The first-order valence-electron chi connectivity index (χ1n) is 15.4. The normalized spacial score (nSPS) is 17.6. The number of allylic oxidation sites excluding steroid dienone is 4. The van der Waals surface area contributed by atoms with Crippen molar-refractivity contribution >= 4 is 52.3 Å². The van der Waals surface area contributed by atoms with Crippen LogP contribution >= 0.6 is 23.5 Å². The standard InChI is InChI=1S/C33H49ClN6O2S/c1-5-27(13-9-10-20-34)43-38-24-26-18-16-25(17-19-26)23-37-31-39-29-15-8-7-14-28(29)30(40-31)35-21-11-6-12-22-36-32(41)42-33(2,3)4/h5,7-10,13-15,25-26,38H,1,6,11-12,16-24H2,2-4H3,(H,36,41)(H2,35,37,39,40)/b10-9-,27-13+. The number of hydrogen-bond donors (Lipinski definition) is 4. The van der Waals surface area contributed by atoms with Crippen LogP contribution < -0.4 is 20.7 Å². The summed E-state index contributed by atoms with van der Waals surface area (Å²) >= 11 is 7.33. The molecule has 0 unspecified atom stereocenters. The molecule has 10 heteroatoms. The van der Waals surface area contributed by atoms with Gasteiger partial charge in [-0.05, 0) is 108 Å². The van der Waals surface area contributed by atoms with E-state index in [1.807, 2.05) is 63.3 Å². The predicted octanol–water partition coefficient (Wildman–Crippen LogP) is 8.06. The lowest BCUT2D eigenvalue weighted by Crippen LogP contribution is -2.33. The van der Waals surface area contributed by atoms with E-state index in [9.17, 15) is 4.79 Å². The minimum absolute atomic E-state index is 0.361. The molecule has 0 radical (unpaired) electrons. The molecular formula is C33H49ClN6O2S. The van der Waals surface area contributed by atoms with Crippen molar-refractivity contribution in [1.82, 2.24) is 20.0 Å². The number of hydrogen-bond acceptors (Lipinski definition) is 8. The summed E-state index contributed by atoms with van der Waals surface area (Å²) in [5.41, 5.74) is 0.456. The third kappa shape index (κ3) is 13.6. The van der Waals surface area contributed by atoms with Gasteiger partial charge in [0.05, 0.1) is 5.52 Å². The van der Waals surface area contributed by atoms with Crippen molar-refractivity contribution in [2.75, 3.05) is 42.7 Å². The third-order valence-corrected chi connectivity index (χ3v) is 8.21. The van der Waals surface area contributed by atoms with Crippen LogP contribution in [0.2, 0.25) is 0 Å². The number of fused-ring (bicyclic) bond motifs is 1. The van der Waals surface area contributed by atoms with Gasteiger partial charge in [0, 0.05) is 42.4 Å². The first-order valence-corrected chi connectivity index (χ1v) is 16.8. The fourth-order valence-electron chi connectivity index (χ4n) is 4.90. The van der Waals surface area contributed by atoms with Gasteiger partial charge in [-0.15, -0.1) is 11.6 Å². The van der Waals surface area contributed by atoms with E-state index in [2.05, 4.69) is 33.3 Å². The zero-order chi connectivity index (χ0) is 30.9. The summed E-state index contributed by atoms with van der Waals surface area (Å²) in [4.78, 5) is 22.5. The van der Waals surface area contributed by atoms with Gasteiger partial charge >= 0.3 is 6.09 Å². The van der Waals surface area contributed by atoms with E-state index in [4.69, 9.17) is 26.3 Å². The SMILES string of the molecule is C=C/C(=C\C=C/CCl)SNCC1CCC(CNc2nc(NCCCCCNC(=O)OC(C)(C)C)c3ccccc3n2)CC1. The number of alkyl halides is 1. The molecule has 0 spiro atoms. The molecule has 1 aliphatic rings. The number of para-hydroxylation sites is 1. The van der Waals surface area contributed by atoms with Crippen molar-refractivity contribution in [1.29, 1.82) is 0 Å². The Bertz CT molecular complexity index is 1210. The van der Waals surface area contributed by atoms with Crippen molar-refractivity contribution in [2.24, 2.45) is 11.8 Å². The van der Waals surface area contributed by atoms with E-state index in [0.717, 1.165) is 60.5 Å². The van der Waals surface area contributed by atoms with Gasteiger partial charge < -0.3 is 20.7 Å². The molecule has 1 heterocycles. The number of benzene rings is 1. The number of rotatable bonds is 17. The lowest BCUT2D eigenvalue weighted by Gasteiger charge is -2.28. The molecule has 1 fully saturated rings. The Kier molecular flexibility index (Phi) is 15.2. The molecule has 0 bridgehead atoms. The molecule has 43 heavy (non-hydrogen) atoms. The third-order valence-electron chi connectivity index (χ3n) is 7.18. The average Bonchev–Trinajstić information content (AvgIpc) is 2.98. The maximum absolute atomic E-state index is 11.8. The Hall–Kier alpha value is -2.75. The molecule has 2 aromatic rings. The lowest BCUT2D eigenvalue weighted by molar-refractivity contribution is 0.0527. The summed E-state index contributed by atoms with van der Waals surface area (Å²) in [5.74, 6) is 3.36. The van der Waals surface area contributed by atoms with Gasteiger partial charge in [0.15, 0.2) is 0 Å². The molecule has 236 valence electrons. The second-order valence-corrected chi connectivity index (χ2v) is 13.2. The number of aromatic nitrogens is 2. The van der Waals surface area contributed by atoms with Crippen LogP contribution in [0.5, 0.6) is 0 Å². The minimum Gasteiger partial charge on any atom is -0.444 e. The molecule has 1 saturated carbocycles. The number of ether oxygens (including phenoxy) is 1. The van der Waals surface area contributed by atoms with Crippen LogP contribution in [-0.2, 0) is 4.74 Å². The van der Waals surface area contributed by atoms with Gasteiger partial charge in [-0.2, -0.15) is 4.98 Å². The molecule has 1 aromatic carbocycles. The maximum Gasteiger partial charge on any atom is 0.407 e. The van der Waals surface area contributed by atoms with Gasteiger partial charge in [0.25, 0.3) is 0 Å². The smallest absolute Gasteiger partial charge is 0.407 e. The highest BCUT2D eigenvalue weighted by Gasteiger charge is 2.21. The molecule has 4 N–H and O–H groups in total. The Balaban J connectivity index is 1.39.